The Labute approximate surface area is 126 Å². The molecule has 5 heteroatoms. The zero-order valence-corrected chi connectivity index (χ0v) is 14.0. The monoisotopic (exact) mass is 297 g/mol. The average molecular weight is 297 g/mol. The fourth-order valence-corrected chi connectivity index (χ4v) is 4.08. The summed E-state index contributed by atoms with van der Waals surface area (Å²) in [7, 11) is 3.71. The Kier molecular flexibility index (Phi) is 5.41. The molecule has 0 amide bonds. The van der Waals surface area contributed by atoms with Crippen LogP contribution in [-0.4, -0.2) is 32.2 Å². The molecule has 0 saturated carbocycles. The fourth-order valence-electron chi connectivity index (χ4n) is 2.98. The first-order chi connectivity index (χ1) is 9.68. The van der Waals surface area contributed by atoms with Gasteiger partial charge in [-0.2, -0.15) is 0 Å². The van der Waals surface area contributed by atoms with Gasteiger partial charge in [-0.05, 0) is 31.7 Å². The smallest absolute Gasteiger partial charge is 0.185 e. The highest BCUT2D eigenvalue weighted by Gasteiger charge is 2.36. The van der Waals surface area contributed by atoms with E-state index in [4.69, 9.17) is 9.72 Å². The lowest BCUT2D eigenvalue weighted by Crippen LogP contribution is -2.26. The molecule has 1 saturated heterocycles. The lowest BCUT2D eigenvalue weighted by atomic mass is 9.82. The van der Waals surface area contributed by atoms with Crippen LogP contribution in [0.25, 0.3) is 0 Å². The van der Waals surface area contributed by atoms with Gasteiger partial charge in [-0.25, -0.2) is 4.98 Å². The second-order valence-corrected chi connectivity index (χ2v) is 6.77. The predicted octanol–water partition coefficient (Wildman–Crippen LogP) is 3.03. The summed E-state index contributed by atoms with van der Waals surface area (Å²) >= 11 is 1.82. The maximum Gasteiger partial charge on any atom is 0.185 e. The molecule has 0 aromatic carbocycles. The fraction of sp³-hybridized carbons (Fsp3) is 0.800. The summed E-state index contributed by atoms with van der Waals surface area (Å²) in [4.78, 5) is 8.58. The van der Waals surface area contributed by atoms with Gasteiger partial charge >= 0.3 is 0 Å². The molecule has 20 heavy (non-hydrogen) atoms. The normalized spacial score (nSPS) is 17.9. The molecule has 1 aromatic rings. The van der Waals surface area contributed by atoms with Crippen molar-refractivity contribution in [3.8, 4) is 0 Å². The van der Waals surface area contributed by atoms with Crippen LogP contribution in [-0.2, 0) is 17.9 Å². The molecule has 0 unspecified atom stereocenters. The minimum absolute atomic E-state index is 0.496. The van der Waals surface area contributed by atoms with Crippen LogP contribution >= 0.6 is 11.3 Å². The predicted molar refractivity (Wildman–Crippen MR) is 85.4 cm³/mol. The van der Waals surface area contributed by atoms with Gasteiger partial charge in [-0.3, -0.25) is 0 Å². The molecule has 2 heterocycles. The summed E-state index contributed by atoms with van der Waals surface area (Å²) < 4.78 is 5.27. The van der Waals surface area contributed by atoms with Crippen molar-refractivity contribution < 1.29 is 4.74 Å². The van der Waals surface area contributed by atoms with Crippen LogP contribution in [0.15, 0.2) is 0 Å². The van der Waals surface area contributed by atoms with Crippen molar-refractivity contribution in [1.29, 1.82) is 0 Å². The number of aromatic nitrogens is 1. The first kappa shape index (κ1) is 15.7. The molecule has 1 fully saturated rings. The Bertz CT molecular complexity index is 405. The molecule has 0 spiro atoms. The summed E-state index contributed by atoms with van der Waals surface area (Å²) in [5.41, 5.74) is 1.59. The van der Waals surface area contributed by atoms with E-state index in [2.05, 4.69) is 24.1 Å². The second kappa shape index (κ2) is 6.87. The quantitative estimate of drug-likeness (QED) is 0.839. The van der Waals surface area contributed by atoms with Gasteiger partial charge < -0.3 is 15.0 Å². The molecule has 4 nitrogen and oxygen atoms in total. The summed E-state index contributed by atoms with van der Waals surface area (Å²) in [6, 6.07) is 0. The van der Waals surface area contributed by atoms with E-state index in [1.165, 1.54) is 29.3 Å². The summed E-state index contributed by atoms with van der Waals surface area (Å²) in [6.45, 7) is 8.40. The van der Waals surface area contributed by atoms with Crippen molar-refractivity contribution in [2.75, 3.05) is 32.1 Å². The van der Waals surface area contributed by atoms with Crippen LogP contribution in [0.1, 0.15) is 43.7 Å². The van der Waals surface area contributed by atoms with Crippen molar-refractivity contribution in [3.63, 3.8) is 0 Å². The molecule has 114 valence electrons. The van der Waals surface area contributed by atoms with E-state index in [-0.39, 0.29) is 0 Å². The SMILES string of the molecule is CCC1(CC)CCN(c2nc(COC)c(CNC)s2)C1. The Hall–Kier alpha value is -0.650. The molecule has 0 radical (unpaired) electrons. The lowest BCUT2D eigenvalue weighted by molar-refractivity contribution is 0.181. The number of thiazole rings is 1. The number of hydrogen-bond donors (Lipinski definition) is 1. The van der Waals surface area contributed by atoms with Gasteiger partial charge in [0.1, 0.15) is 0 Å². The van der Waals surface area contributed by atoms with Gasteiger partial charge in [0.2, 0.25) is 0 Å². The van der Waals surface area contributed by atoms with Crippen molar-refractivity contribution in [2.24, 2.45) is 5.41 Å². The zero-order valence-electron chi connectivity index (χ0n) is 13.2. The van der Waals surface area contributed by atoms with Gasteiger partial charge in [-0.1, -0.05) is 13.8 Å². The number of methoxy groups -OCH3 is 1. The second-order valence-electron chi connectivity index (χ2n) is 5.71. The third-order valence-corrected chi connectivity index (χ3v) is 5.75. The Balaban J connectivity index is 2.15. The van der Waals surface area contributed by atoms with Gasteiger partial charge in [0.25, 0.3) is 0 Å². The topological polar surface area (TPSA) is 37.4 Å². The van der Waals surface area contributed by atoms with Crippen molar-refractivity contribution >= 4 is 16.5 Å². The van der Waals surface area contributed by atoms with Crippen molar-refractivity contribution in [1.82, 2.24) is 10.3 Å². The highest BCUT2D eigenvalue weighted by molar-refractivity contribution is 7.15. The number of hydrogen-bond acceptors (Lipinski definition) is 5. The summed E-state index contributed by atoms with van der Waals surface area (Å²) in [5, 5.41) is 4.39. The average Bonchev–Trinajstić information content (AvgIpc) is 3.05. The van der Waals surface area contributed by atoms with Crippen LogP contribution < -0.4 is 10.2 Å². The Morgan fingerprint density at radius 3 is 2.70 bits per heavy atom. The van der Waals surface area contributed by atoms with E-state index >= 15 is 0 Å². The van der Waals surface area contributed by atoms with Crippen molar-refractivity contribution in [2.45, 2.75) is 46.3 Å². The number of nitrogens with one attached hydrogen (secondary N) is 1. The minimum Gasteiger partial charge on any atom is -0.378 e. The number of nitrogens with zero attached hydrogens (tertiary/aromatic N) is 2. The molecule has 1 N–H and O–H groups in total. The van der Waals surface area contributed by atoms with Crippen LogP contribution in [0.2, 0.25) is 0 Å². The van der Waals surface area contributed by atoms with Crippen LogP contribution in [0, 0.1) is 5.41 Å². The minimum atomic E-state index is 0.496. The summed E-state index contributed by atoms with van der Waals surface area (Å²) in [5.74, 6) is 0. The lowest BCUT2D eigenvalue weighted by Gasteiger charge is -2.26. The zero-order chi connectivity index (χ0) is 14.6. The molecular formula is C15H27N3OS. The van der Waals surface area contributed by atoms with Crippen molar-refractivity contribution in [3.05, 3.63) is 10.6 Å². The number of anilines is 1. The molecule has 0 bridgehead atoms. The van der Waals surface area contributed by atoms with Gasteiger partial charge in [0, 0.05) is 31.6 Å². The maximum atomic E-state index is 5.27. The highest BCUT2D eigenvalue weighted by Crippen LogP contribution is 2.40. The molecule has 0 atom stereocenters. The van der Waals surface area contributed by atoms with E-state index in [1.807, 2.05) is 18.4 Å². The third kappa shape index (κ3) is 3.15. The Morgan fingerprint density at radius 1 is 1.40 bits per heavy atom. The van der Waals surface area contributed by atoms with Crippen LogP contribution in [0.5, 0.6) is 0 Å². The molecule has 1 aliphatic heterocycles. The highest BCUT2D eigenvalue weighted by atomic mass is 32.1. The van der Waals surface area contributed by atoms with E-state index in [9.17, 15) is 0 Å². The third-order valence-electron chi connectivity index (χ3n) is 4.59. The molecular weight excluding hydrogens is 270 g/mol. The van der Waals surface area contributed by atoms with Gasteiger partial charge in [0.15, 0.2) is 5.13 Å². The van der Waals surface area contributed by atoms with E-state index < -0.39 is 0 Å². The molecule has 2 rings (SSSR count). The standard InChI is InChI=1S/C15H27N3OS/c1-5-15(6-2)7-8-18(11-15)14-17-12(10-19-4)13(20-14)9-16-3/h16H,5-11H2,1-4H3. The summed E-state index contributed by atoms with van der Waals surface area (Å²) in [6.07, 6.45) is 3.82. The largest absolute Gasteiger partial charge is 0.378 e. The van der Waals surface area contributed by atoms with Crippen LogP contribution in [0.3, 0.4) is 0 Å². The molecule has 1 aliphatic rings. The first-order valence-corrected chi connectivity index (χ1v) is 8.36. The first-order valence-electron chi connectivity index (χ1n) is 7.55. The molecule has 0 aliphatic carbocycles. The number of rotatable bonds is 7. The van der Waals surface area contributed by atoms with Gasteiger partial charge in [0.05, 0.1) is 12.3 Å². The van der Waals surface area contributed by atoms with Crippen LogP contribution in [0.4, 0.5) is 5.13 Å². The Morgan fingerprint density at radius 2 is 2.15 bits per heavy atom. The van der Waals surface area contributed by atoms with E-state index in [1.54, 1.807) is 7.11 Å². The maximum absolute atomic E-state index is 5.27. The molecule has 1 aromatic heterocycles. The van der Waals surface area contributed by atoms with E-state index in [0.29, 0.717) is 12.0 Å². The number of ether oxygens (including phenoxy) is 1. The van der Waals surface area contributed by atoms with E-state index in [0.717, 1.165) is 25.3 Å². The van der Waals surface area contributed by atoms with Gasteiger partial charge in [-0.15, -0.1) is 11.3 Å².